The minimum absolute atomic E-state index is 0. The molecule has 1 aromatic rings. The molecule has 2 rings (SSSR count). The van der Waals surface area contributed by atoms with Gasteiger partial charge in [0.15, 0.2) is 0 Å². The SMILES string of the molecule is CC(C)(C)c1cc(Cl)ccc1OC1CCNC1.Cl. The van der Waals surface area contributed by atoms with Gasteiger partial charge in [-0.1, -0.05) is 32.4 Å². The van der Waals surface area contributed by atoms with Crippen molar-refractivity contribution < 1.29 is 4.74 Å². The second kappa shape index (κ2) is 6.14. The van der Waals surface area contributed by atoms with E-state index in [9.17, 15) is 0 Å². The maximum absolute atomic E-state index is 6.07. The Balaban J connectivity index is 0.00000162. The van der Waals surface area contributed by atoms with E-state index in [0.29, 0.717) is 0 Å². The number of benzene rings is 1. The number of halogens is 2. The second-order valence-electron chi connectivity index (χ2n) is 5.62. The van der Waals surface area contributed by atoms with Crippen molar-refractivity contribution in [2.75, 3.05) is 13.1 Å². The molecule has 0 amide bonds. The fraction of sp³-hybridized carbons (Fsp3) is 0.571. The fourth-order valence-electron chi connectivity index (χ4n) is 2.10. The van der Waals surface area contributed by atoms with Crippen molar-refractivity contribution in [3.8, 4) is 5.75 Å². The van der Waals surface area contributed by atoms with Gasteiger partial charge in [0.1, 0.15) is 11.9 Å². The van der Waals surface area contributed by atoms with Crippen LogP contribution in [0.25, 0.3) is 0 Å². The highest BCUT2D eigenvalue weighted by Crippen LogP contribution is 2.34. The summed E-state index contributed by atoms with van der Waals surface area (Å²) in [6.07, 6.45) is 1.36. The van der Waals surface area contributed by atoms with Crippen molar-refractivity contribution in [1.82, 2.24) is 5.32 Å². The first-order valence-corrected chi connectivity index (χ1v) is 6.52. The van der Waals surface area contributed by atoms with Gasteiger partial charge in [0.25, 0.3) is 0 Å². The molecule has 1 aliphatic rings. The highest BCUT2D eigenvalue weighted by atomic mass is 35.5. The number of nitrogens with one attached hydrogen (secondary N) is 1. The highest BCUT2D eigenvalue weighted by Gasteiger charge is 2.23. The maximum Gasteiger partial charge on any atom is 0.123 e. The first-order chi connectivity index (χ1) is 7.97. The van der Waals surface area contributed by atoms with Crippen LogP contribution < -0.4 is 10.1 Å². The molecule has 1 saturated heterocycles. The van der Waals surface area contributed by atoms with Gasteiger partial charge < -0.3 is 10.1 Å². The van der Waals surface area contributed by atoms with E-state index < -0.39 is 0 Å². The molecule has 102 valence electrons. The smallest absolute Gasteiger partial charge is 0.123 e. The third kappa shape index (κ3) is 3.78. The molecule has 1 aliphatic heterocycles. The van der Waals surface area contributed by atoms with Crippen molar-refractivity contribution in [3.63, 3.8) is 0 Å². The molecule has 4 heteroatoms. The van der Waals surface area contributed by atoms with Gasteiger partial charge in [0, 0.05) is 17.1 Å². The Kier molecular flexibility index (Phi) is 5.32. The average Bonchev–Trinajstić information content (AvgIpc) is 2.72. The molecule has 0 saturated carbocycles. The molecule has 0 spiro atoms. The lowest BCUT2D eigenvalue weighted by Crippen LogP contribution is -2.22. The molecule has 0 aliphatic carbocycles. The van der Waals surface area contributed by atoms with E-state index in [1.165, 1.54) is 5.56 Å². The van der Waals surface area contributed by atoms with Crippen LogP contribution in [0.15, 0.2) is 18.2 Å². The number of ether oxygens (including phenoxy) is 1. The molecule has 18 heavy (non-hydrogen) atoms. The lowest BCUT2D eigenvalue weighted by atomic mass is 9.86. The summed E-state index contributed by atoms with van der Waals surface area (Å²) in [6, 6.07) is 5.90. The molecule has 1 atom stereocenters. The zero-order valence-electron chi connectivity index (χ0n) is 11.1. The Morgan fingerprint density at radius 2 is 2.06 bits per heavy atom. The first-order valence-electron chi connectivity index (χ1n) is 6.14. The summed E-state index contributed by atoms with van der Waals surface area (Å²) >= 11 is 6.07. The average molecular weight is 290 g/mol. The molecule has 0 bridgehead atoms. The molecule has 2 nitrogen and oxygen atoms in total. The summed E-state index contributed by atoms with van der Waals surface area (Å²) in [7, 11) is 0. The largest absolute Gasteiger partial charge is 0.489 e. The predicted molar refractivity (Wildman–Crippen MR) is 79.3 cm³/mol. The Morgan fingerprint density at radius 3 is 2.61 bits per heavy atom. The maximum atomic E-state index is 6.07. The lowest BCUT2D eigenvalue weighted by Gasteiger charge is -2.24. The molecular formula is C14H21Cl2NO. The van der Waals surface area contributed by atoms with Gasteiger partial charge >= 0.3 is 0 Å². The van der Waals surface area contributed by atoms with Crippen LogP contribution in [-0.4, -0.2) is 19.2 Å². The number of hydrogen-bond donors (Lipinski definition) is 1. The molecule has 1 unspecified atom stereocenters. The van der Waals surface area contributed by atoms with E-state index in [2.05, 4.69) is 26.1 Å². The van der Waals surface area contributed by atoms with Gasteiger partial charge in [0.05, 0.1) is 0 Å². The zero-order chi connectivity index (χ0) is 12.5. The lowest BCUT2D eigenvalue weighted by molar-refractivity contribution is 0.218. The molecular weight excluding hydrogens is 269 g/mol. The summed E-state index contributed by atoms with van der Waals surface area (Å²) in [5, 5.41) is 4.08. The van der Waals surface area contributed by atoms with Crippen LogP contribution in [0.4, 0.5) is 0 Å². The van der Waals surface area contributed by atoms with Crippen LogP contribution in [0.5, 0.6) is 5.75 Å². The van der Waals surface area contributed by atoms with Crippen molar-refractivity contribution in [2.24, 2.45) is 0 Å². The Bertz CT molecular complexity index is 395. The van der Waals surface area contributed by atoms with Crippen LogP contribution in [-0.2, 0) is 5.41 Å². The third-order valence-corrected chi connectivity index (χ3v) is 3.29. The predicted octanol–water partition coefficient (Wildman–Crippen LogP) is 3.80. The minimum Gasteiger partial charge on any atom is -0.489 e. The van der Waals surface area contributed by atoms with Gasteiger partial charge in [-0.25, -0.2) is 0 Å². The Morgan fingerprint density at radius 1 is 1.33 bits per heavy atom. The Labute approximate surface area is 120 Å². The summed E-state index contributed by atoms with van der Waals surface area (Å²) in [4.78, 5) is 0. The van der Waals surface area contributed by atoms with E-state index in [4.69, 9.17) is 16.3 Å². The van der Waals surface area contributed by atoms with Crippen molar-refractivity contribution in [3.05, 3.63) is 28.8 Å². The van der Waals surface area contributed by atoms with E-state index in [1.54, 1.807) is 0 Å². The number of hydrogen-bond acceptors (Lipinski definition) is 2. The number of rotatable bonds is 2. The van der Waals surface area contributed by atoms with Gasteiger partial charge in [-0.2, -0.15) is 0 Å². The van der Waals surface area contributed by atoms with Crippen LogP contribution in [0.2, 0.25) is 5.02 Å². The quantitative estimate of drug-likeness (QED) is 0.894. The summed E-state index contributed by atoms with van der Waals surface area (Å²) < 4.78 is 6.07. The van der Waals surface area contributed by atoms with Crippen LogP contribution in [0.3, 0.4) is 0 Å². The summed E-state index contributed by atoms with van der Waals surface area (Å²) in [6.45, 7) is 8.52. The summed E-state index contributed by atoms with van der Waals surface area (Å²) in [5.74, 6) is 0.968. The normalized spacial score (nSPS) is 19.4. The van der Waals surface area contributed by atoms with Crippen LogP contribution in [0.1, 0.15) is 32.8 Å². The Hall–Kier alpha value is -0.440. The van der Waals surface area contributed by atoms with Crippen LogP contribution in [0, 0.1) is 0 Å². The van der Waals surface area contributed by atoms with Crippen molar-refractivity contribution in [1.29, 1.82) is 0 Å². The fourth-order valence-corrected chi connectivity index (χ4v) is 2.27. The van der Waals surface area contributed by atoms with E-state index in [0.717, 1.165) is 30.3 Å². The zero-order valence-corrected chi connectivity index (χ0v) is 12.7. The van der Waals surface area contributed by atoms with Crippen LogP contribution >= 0.6 is 24.0 Å². The first kappa shape index (κ1) is 15.6. The topological polar surface area (TPSA) is 21.3 Å². The molecule has 1 fully saturated rings. The summed E-state index contributed by atoms with van der Waals surface area (Å²) in [5.41, 5.74) is 1.23. The van der Waals surface area contributed by atoms with Crippen molar-refractivity contribution in [2.45, 2.75) is 38.7 Å². The molecule has 1 N–H and O–H groups in total. The molecule has 1 heterocycles. The standard InChI is InChI=1S/C14H20ClNO.ClH/c1-14(2,3)12-8-10(15)4-5-13(12)17-11-6-7-16-9-11;/h4-5,8,11,16H,6-7,9H2,1-3H3;1H. The molecule has 0 aromatic heterocycles. The highest BCUT2D eigenvalue weighted by molar-refractivity contribution is 6.30. The van der Waals surface area contributed by atoms with Gasteiger partial charge in [0.2, 0.25) is 0 Å². The minimum atomic E-state index is 0. The second-order valence-corrected chi connectivity index (χ2v) is 6.06. The van der Waals surface area contributed by atoms with Crippen molar-refractivity contribution >= 4 is 24.0 Å². The molecule has 1 aromatic carbocycles. The van der Waals surface area contributed by atoms with E-state index in [-0.39, 0.29) is 23.9 Å². The monoisotopic (exact) mass is 289 g/mol. The van der Waals surface area contributed by atoms with E-state index in [1.807, 2.05) is 18.2 Å². The van der Waals surface area contributed by atoms with E-state index >= 15 is 0 Å². The van der Waals surface area contributed by atoms with Gasteiger partial charge in [-0.15, -0.1) is 12.4 Å². The molecule has 0 radical (unpaired) electrons. The third-order valence-electron chi connectivity index (χ3n) is 3.06. The van der Waals surface area contributed by atoms with Gasteiger partial charge in [-0.05, 0) is 36.6 Å². The van der Waals surface area contributed by atoms with Gasteiger partial charge in [-0.3, -0.25) is 0 Å².